The van der Waals surface area contributed by atoms with Crippen LogP contribution in [0.15, 0.2) is 66.9 Å². The number of anilines is 3. The first kappa shape index (κ1) is 18.4. The number of para-hydroxylation sites is 1. The largest absolute Gasteiger partial charge is 0.465 e. The second-order valence-corrected chi connectivity index (χ2v) is 6.00. The molecule has 0 spiro atoms. The third kappa shape index (κ3) is 4.62. The van der Waals surface area contributed by atoms with Crippen molar-refractivity contribution in [1.29, 1.82) is 0 Å². The van der Waals surface area contributed by atoms with Crippen LogP contribution in [0.2, 0.25) is 5.02 Å². The number of halogens is 1. The molecule has 27 heavy (non-hydrogen) atoms. The van der Waals surface area contributed by atoms with Gasteiger partial charge in [0.25, 0.3) is 5.91 Å². The van der Waals surface area contributed by atoms with E-state index in [1.54, 1.807) is 60.7 Å². The number of nitrogens with zero attached hydrogens (tertiary/aromatic N) is 1. The summed E-state index contributed by atoms with van der Waals surface area (Å²) in [5.74, 6) is -0.789. The van der Waals surface area contributed by atoms with E-state index < -0.39 is 5.97 Å². The lowest BCUT2D eigenvalue weighted by Gasteiger charge is -2.11. The van der Waals surface area contributed by atoms with Crippen LogP contribution in [0.5, 0.6) is 0 Å². The fraction of sp³-hybridized carbons (Fsp3) is 0.0500. The Labute approximate surface area is 161 Å². The molecule has 6 nitrogen and oxygen atoms in total. The van der Waals surface area contributed by atoms with Crippen molar-refractivity contribution in [2.75, 3.05) is 17.7 Å². The zero-order chi connectivity index (χ0) is 19.2. The molecule has 0 aliphatic heterocycles. The molecule has 0 radical (unpaired) electrons. The van der Waals surface area contributed by atoms with Crippen LogP contribution in [0.1, 0.15) is 20.8 Å². The molecule has 0 fully saturated rings. The molecule has 0 saturated heterocycles. The molecule has 2 aromatic carbocycles. The van der Waals surface area contributed by atoms with Crippen LogP contribution in [0.4, 0.5) is 17.1 Å². The van der Waals surface area contributed by atoms with Crippen LogP contribution in [0, 0.1) is 0 Å². The summed E-state index contributed by atoms with van der Waals surface area (Å²) < 4.78 is 4.77. The number of hydrogen-bond donors (Lipinski definition) is 2. The van der Waals surface area contributed by atoms with E-state index in [1.807, 2.05) is 0 Å². The molecule has 0 bridgehead atoms. The number of carbonyl (C=O) groups excluding carboxylic acids is 2. The highest BCUT2D eigenvalue weighted by molar-refractivity contribution is 6.30. The minimum Gasteiger partial charge on any atom is -0.465 e. The number of rotatable bonds is 5. The Morgan fingerprint density at radius 1 is 1.00 bits per heavy atom. The number of nitrogens with one attached hydrogen (secondary N) is 2. The maximum Gasteiger partial charge on any atom is 0.339 e. The van der Waals surface area contributed by atoms with Crippen LogP contribution in [0.25, 0.3) is 0 Å². The number of benzene rings is 2. The maximum absolute atomic E-state index is 12.3. The summed E-state index contributed by atoms with van der Waals surface area (Å²) in [4.78, 5) is 28.3. The van der Waals surface area contributed by atoms with Gasteiger partial charge in [-0.25, -0.2) is 9.78 Å². The van der Waals surface area contributed by atoms with E-state index in [0.29, 0.717) is 27.6 Å². The third-order valence-corrected chi connectivity index (χ3v) is 3.93. The van der Waals surface area contributed by atoms with Gasteiger partial charge in [-0.15, -0.1) is 0 Å². The molecule has 0 aliphatic carbocycles. The minimum absolute atomic E-state index is 0.252. The summed E-state index contributed by atoms with van der Waals surface area (Å²) in [6.45, 7) is 0. The lowest BCUT2D eigenvalue weighted by molar-refractivity contribution is 0.0601. The predicted octanol–water partition coefficient (Wildman–Crippen LogP) is 4.52. The predicted molar refractivity (Wildman–Crippen MR) is 105 cm³/mol. The van der Waals surface area contributed by atoms with E-state index in [0.717, 1.165) is 0 Å². The Morgan fingerprint density at radius 2 is 1.81 bits per heavy atom. The van der Waals surface area contributed by atoms with Gasteiger partial charge in [0.15, 0.2) is 0 Å². The van der Waals surface area contributed by atoms with Crippen LogP contribution in [-0.2, 0) is 4.74 Å². The van der Waals surface area contributed by atoms with Gasteiger partial charge in [-0.1, -0.05) is 29.8 Å². The van der Waals surface area contributed by atoms with Gasteiger partial charge in [-0.3, -0.25) is 4.79 Å². The molecule has 0 atom stereocenters. The SMILES string of the molecule is COC(=O)c1ccccc1Nc1ccc(C(=O)Nc2cccc(Cl)c2)nc1. The molecule has 0 unspecified atom stereocenters. The fourth-order valence-electron chi connectivity index (χ4n) is 2.40. The number of pyridine rings is 1. The number of carbonyl (C=O) groups is 2. The van der Waals surface area contributed by atoms with E-state index in [9.17, 15) is 9.59 Å². The van der Waals surface area contributed by atoms with Gasteiger partial charge in [0.05, 0.1) is 30.2 Å². The molecule has 136 valence electrons. The summed E-state index contributed by atoms with van der Waals surface area (Å²) in [5, 5.41) is 6.36. The smallest absolute Gasteiger partial charge is 0.339 e. The Morgan fingerprint density at radius 3 is 2.52 bits per heavy atom. The number of aromatic nitrogens is 1. The monoisotopic (exact) mass is 381 g/mol. The van der Waals surface area contributed by atoms with Gasteiger partial charge in [0.2, 0.25) is 0 Å². The van der Waals surface area contributed by atoms with Gasteiger partial charge in [0, 0.05) is 10.7 Å². The van der Waals surface area contributed by atoms with Crippen molar-refractivity contribution in [3.63, 3.8) is 0 Å². The number of ether oxygens (including phenoxy) is 1. The topological polar surface area (TPSA) is 80.3 Å². The standard InChI is InChI=1S/C20H16ClN3O3/c1-27-20(26)16-7-2-3-8-17(16)23-15-9-10-18(22-12-15)19(25)24-14-6-4-5-13(21)11-14/h2-12,23H,1H3,(H,24,25). The van der Waals surface area contributed by atoms with E-state index in [-0.39, 0.29) is 11.6 Å². The highest BCUT2D eigenvalue weighted by Crippen LogP contribution is 2.21. The van der Waals surface area contributed by atoms with Crippen molar-refractivity contribution in [2.24, 2.45) is 0 Å². The van der Waals surface area contributed by atoms with Crippen LogP contribution >= 0.6 is 11.6 Å². The molecular formula is C20H16ClN3O3. The lowest BCUT2D eigenvalue weighted by Crippen LogP contribution is -2.13. The summed E-state index contributed by atoms with van der Waals surface area (Å²) in [7, 11) is 1.33. The molecule has 2 N–H and O–H groups in total. The summed E-state index contributed by atoms with van der Waals surface area (Å²) in [6, 6.07) is 17.1. The maximum atomic E-state index is 12.3. The molecular weight excluding hydrogens is 366 g/mol. The normalized spacial score (nSPS) is 10.1. The first-order valence-electron chi connectivity index (χ1n) is 8.04. The van der Waals surface area contributed by atoms with Gasteiger partial charge in [-0.05, 0) is 42.5 Å². The number of methoxy groups -OCH3 is 1. The molecule has 3 rings (SSSR count). The average Bonchev–Trinajstić information content (AvgIpc) is 2.68. The first-order chi connectivity index (χ1) is 13.1. The van der Waals surface area contributed by atoms with Gasteiger partial charge >= 0.3 is 5.97 Å². The molecule has 3 aromatic rings. The van der Waals surface area contributed by atoms with Crippen molar-refractivity contribution >= 4 is 40.5 Å². The Kier molecular flexibility index (Phi) is 5.68. The Bertz CT molecular complexity index is 974. The van der Waals surface area contributed by atoms with Crippen molar-refractivity contribution in [2.45, 2.75) is 0 Å². The average molecular weight is 382 g/mol. The second-order valence-electron chi connectivity index (χ2n) is 5.56. The van der Waals surface area contributed by atoms with Crippen LogP contribution in [-0.4, -0.2) is 24.0 Å². The van der Waals surface area contributed by atoms with Gasteiger partial charge in [-0.2, -0.15) is 0 Å². The molecule has 1 aromatic heterocycles. The zero-order valence-electron chi connectivity index (χ0n) is 14.4. The van der Waals surface area contributed by atoms with E-state index in [1.165, 1.54) is 13.3 Å². The molecule has 0 aliphatic rings. The van der Waals surface area contributed by atoms with Gasteiger partial charge < -0.3 is 15.4 Å². The second kappa shape index (κ2) is 8.33. The summed E-state index contributed by atoms with van der Waals surface area (Å²) in [6.07, 6.45) is 1.51. The van der Waals surface area contributed by atoms with Crippen LogP contribution in [0.3, 0.4) is 0 Å². The van der Waals surface area contributed by atoms with Crippen molar-refractivity contribution in [3.8, 4) is 0 Å². The zero-order valence-corrected chi connectivity index (χ0v) is 15.2. The minimum atomic E-state index is -0.441. The molecule has 0 saturated carbocycles. The number of hydrogen-bond acceptors (Lipinski definition) is 5. The summed E-state index contributed by atoms with van der Waals surface area (Å²) in [5.41, 5.74) is 2.46. The molecule has 7 heteroatoms. The molecule has 1 amide bonds. The van der Waals surface area contributed by atoms with E-state index >= 15 is 0 Å². The van der Waals surface area contributed by atoms with Gasteiger partial charge in [0.1, 0.15) is 5.69 Å². The quantitative estimate of drug-likeness (QED) is 0.635. The highest BCUT2D eigenvalue weighted by Gasteiger charge is 2.12. The fourth-order valence-corrected chi connectivity index (χ4v) is 2.59. The Balaban J connectivity index is 1.72. The highest BCUT2D eigenvalue weighted by atomic mass is 35.5. The van der Waals surface area contributed by atoms with E-state index in [4.69, 9.17) is 16.3 Å². The molecule has 1 heterocycles. The van der Waals surface area contributed by atoms with Crippen molar-refractivity contribution < 1.29 is 14.3 Å². The lowest BCUT2D eigenvalue weighted by atomic mass is 10.1. The number of esters is 1. The summed E-state index contributed by atoms with van der Waals surface area (Å²) >= 11 is 5.91. The van der Waals surface area contributed by atoms with Crippen LogP contribution < -0.4 is 10.6 Å². The first-order valence-corrected chi connectivity index (χ1v) is 8.42. The van der Waals surface area contributed by atoms with Crippen molar-refractivity contribution in [3.05, 3.63) is 83.1 Å². The third-order valence-electron chi connectivity index (χ3n) is 3.69. The number of amides is 1. The van der Waals surface area contributed by atoms with E-state index in [2.05, 4.69) is 15.6 Å². The Hall–Kier alpha value is -3.38. The van der Waals surface area contributed by atoms with Crippen molar-refractivity contribution in [1.82, 2.24) is 4.98 Å².